The van der Waals surface area contributed by atoms with E-state index in [2.05, 4.69) is 9.97 Å². The van der Waals surface area contributed by atoms with Gasteiger partial charge in [0.2, 0.25) is 0 Å². The van der Waals surface area contributed by atoms with E-state index in [-0.39, 0.29) is 12.2 Å². The monoisotopic (exact) mass is 270 g/mol. The van der Waals surface area contributed by atoms with Crippen LogP contribution >= 0.6 is 0 Å². The summed E-state index contributed by atoms with van der Waals surface area (Å²) in [5, 5.41) is 0. The molecule has 0 spiro atoms. The number of rotatable bonds is 3. The minimum atomic E-state index is -4.45. The minimum absolute atomic E-state index is 0.0363. The topological polar surface area (TPSA) is 55.0 Å². The zero-order valence-corrected chi connectivity index (χ0v) is 9.57. The molecular weight excluding hydrogens is 261 g/mol. The van der Waals surface area contributed by atoms with Gasteiger partial charge in [0, 0.05) is 24.0 Å². The normalized spacial score (nSPS) is 11.3. The van der Waals surface area contributed by atoms with E-state index >= 15 is 0 Å². The van der Waals surface area contributed by atoms with Crippen LogP contribution in [0.25, 0.3) is 0 Å². The number of halogens is 3. The summed E-state index contributed by atoms with van der Waals surface area (Å²) in [6, 6.07) is 4.95. The van der Waals surface area contributed by atoms with Crippen LogP contribution in [0.2, 0.25) is 0 Å². The van der Waals surface area contributed by atoms with Crippen molar-refractivity contribution in [2.45, 2.75) is 12.8 Å². The van der Waals surface area contributed by atoms with E-state index in [0.29, 0.717) is 11.3 Å². The highest BCUT2D eigenvalue weighted by Crippen LogP contribution is 2.27. The number of aromatic nitrogens is 2. The lowest BCUT2D eigenvalue weighted by molar-refractivity contribution is -0.141. The van der Waals surface area contributed by atoms with Crippen LogP contribution in [0, 0.1) is 0 Å². The molecule has 7 heteroatoms. The van der Waals surface area contributed by atoms with Crippen molar-refractivity contribution in [2.75, 3.05) is 0 Å². The summed E-state index contributed by atoms with van der Waals surface area (Å²) in [6.45, 7) is 0.0363. The molecule has 0 saturated carbocycles. The Balaban J connectivity index is 2.03. The van der Waals surface area contributed by atoms with Crippen molar-refractivity contribution in [3.8, 4) is 5.75 Å². The predicted molar refractivity (Wildman–Crippen MR) is 60.6 cm³/mol. The van der Waals surface area contributed by atoms with Gasteiger partial charge in [0.25, 0.3) is 5.56 Å². The number of pyridine rings is 2. The Hall–Kier alpha value is -2.31. The Bertz CT molecular complexity index is 605. The molecule has 0 atom stereocenters. The molecule has 19 heavy (non-hydrogen) atoms. The second kappa shape index (κ2) is 5.13. The van der Waals surface area contributed by atoms with Crippen molar-refractivity contribution in [1.82, 2.24) is 9.97 Å². The van der Waals surface area contributed by atoms with Crippen molar-refractivity contribution < 1.29 is 17.9 Å². The van der Waals surface area contributed by atoms with Crippen LogP contribution < -0.4 is 10.3 Å². The molecule has 0 aliphatic carbocycles. The molecular formula is C12H9F3N2O2. The number of H-pyrrole nitrogens is 1. The number of hydrogen-bond acceptors (Lipinski definition) is 3. The van der Waals surface area contributed by atoms with Gasteiger partial charge in [0.1, 0.15) is 18.1 Å². The fourth-order valence-electron chi connectivity index (χ4n) is 1.36. The van der Waals surface area contributed by atoms with E-state index in [1.54, 1.807) is 6.07 Å². The van der Waals surface area contributed by atoms with Gasteiger partial charge in [-0.05, 0) is 12.1 Å². The summed E-state index contributed by atoms with van der Waals surface area (Å²) in [7, 11) is 0. The summed E-state index contributed by atoms with van der Waals surface area (Å²) >= 11 is 0. The summed E-state index contributed by atoms with van der Waals surface area (Å²) < 4.78 is 42.1. The number of nitrogens with one attached hydrogen (secondary N) is 1. The first-order chi connectivity index (χ1) is 8.95. The Morgan fingerprint density at radius 2 is 2.05 bits per heavy atom. The van der Waals surface area contributed by atoms with Crippen LogP contribution in [0.1, 0.15) is 11.3 Å². The molecule has 2 aromatic heterocycles. The van der Waals surface area contributed by atoms with Crippen LogP contribution in [0.3, 0.4) is 0 Å². The molecule has 2 rings (SSSR count). The molecule has 4 nitrogen and oxygen atoms in total. The second-order valence-corrected chi connectivity index (χ2v) is 3.73. The van der Waals surface area contributed by atoms with Crippen molar-refractivity contribution in [1.29, 1.82) is 0 Å². The summed E-state index contributed by atoms with van der Waals surface area (Å²) in [4.78, 5) is 16.7. The highest BCUT2D eigenvalue weighted by Gasteiger charge is 2.31. The molecule has 0 aliphatic rings. The van der Waals surface area contributed by atoms with Gasteiger partial charge in [0.15, 0.2) is 0 Å². The van der Waals surface area contributed by atoms with E-state index in [0.717, 1.165) is 12.3 Å². The molecule has 0 saturated heterocycles. The molecule has 2 aromatic rings. The SMILES string of the molecule is O=c1cc(OCc2ccc(C(F)(F)F)nc2)cc[nH]1. The second-order valence-electron chi connectivity index (χ2n) is 3.73. The molecule has 1 N–H and O–H groups in total. The van der Waals surface area contributed by atoms with Crippen LogP contribution in [0.5, 0.6) is 5.75 Å². The highest BCUT2D eigenvalue weighted by molar-refractivity contribution is 5.19. The van der Waals surface area contributed by atoms with Gasteiger partial charge in [-0.2, -0.15) is 13.2 Å². The van der Waals surface area contributed by atoms with Crippen LogP contribution in [-0.2, 0) is 12.8 Å². The van der Waals surface area contributed by atoms with Crippen molar-refractivity contribution in [3.63, 3.8) is 0 Å². The summed E-state index contributed by atoms with van der Waals surface area (Å²) in [5.41, 5.74) is -0.788. The predicted octanol–water partition coefficient (Wildman–Crippen LogP) is 2.37. The lowest BCUT2D eigenvalue weighted by Gasteiger charge is -2.08. The van der Waals surface area contributed by atoms with Gasteiger partial charge in [-0.15, -0.1) is 0 Å². The van der Waals surface area contributed by atoms with Gasteiger partial charge in [0.05, 0.1) is 0 Å². The number of aromatic amines is 1. The first-order valence-corrected chi connectivity index (χ1v) is 5.29. The fraction of sp³-hybridized carbons (Fsp3) is 0.167. The largest absolute Gasteiger partial charge is 0.489 e. The molecule has 2 heterocycles. The van der Waals surface area contributed by atoms with Crippen LogP contribution in [-0.4, -0.2) is 9.97 Å². The molecule has 100 valence electrons. The van der Waals surface area contributed by atoms with E-state index in [4.69, 9.17) is 4.74 Å². The van der Waals surface area contributed by atoms with Crippen molar-refractivity contribution in [2.24, 2.45) is 0 Å². The number of ether oxygens (including phenoxy) is 1. The first kappa shape index (κ1) is 13.1. The minimum Gasteiger partial charge on any atom is -0.489 e. The Labute approximate surface area is 105 Å². The van der Waals surface area contributed by atoms with E-state index in [1.807, 2.05) is 0 Å². The third-order valence-corrected chi connectivity index (χ3v) is 2.27. The zero-order chi connectivity index (χ0) is 13.9. The highest BCUT2D eigenvalue weighted by atomic mass is 19.4. The Morgan fingerprint density at radius 1 is 1.26 bits per heavy atom. The smallest absolute Gasteiger partial charge is 0.433 e. The zero-order valence-electron chi connectivity index (χ0n) is 9.57. The van der Waals surface area contributed by atoms with Gasteiger partial charge >= 0.3 is 6.18 Å². The van der Waals surface area contributed by atoms with Crippen LogP contribution in [0.15, 0.2) is 41.5 Å². The average Bonchev–Trinajstić information content (AvgIpc) is 2.36. The average molecular weight is 270 g/mol. The summed E-state index contributed by atoms with van der Waals surface area (Å²) in [6.07, 6.45) is -1.94. The standard InChI is InChI=1S/C12H9F3N2O2/c13-12(14,15)10-2-1-8(6-17-10)7-19-9-3-4-16-11(18)5-9/h1-6H,7H2,(H,16,18). The Kier molecular flexibility index (Phi) is 3.55. The maximum atomic E-state index is 12.3. The van der Waals surface area contributed by atoms with Gasteiger partial charge in [-0.1, -0.05) is 6.07 Å². The molecule has 0 radical (unpaired) electrons. The lowest BCUT2D eigenvalue weighted by Crippen LogP contribution is -2.08. The van der Waals surface area contributed by atoms with Gasteiger partial charge < -0.3 is 9.72 Å². The molecule has 0 bridgehead atoms. The number of hydrogen-bond donors (Lipinski definition) is 1. The maximum Gasteiger partial charge on any atom is 0.433 e. The summed E-state index contributed by atoms with van der Waals surface area (Å²) in [5.74, 6) is 0.337. The van der Waals surface area contributed by atoms with Crippen molar-refractivity contribution in [3.05, 3.63) is 58.3 Å². The van der Waals surface area contributed by atoms with E-state index in [1.165, 1.54) is 18.3 Å². The van der Waals surface area contributed by atoms with Gasteiger partial charge in [-0.25, -0.2) is 0 Å². The molecule has 0 amide bonds. The van der Waals surface area contributed by atoms with Gasteiger partial charge in [-0.3, -0.25) is 9.78 Å². The van der Waals surface area contributed by atoms with E-state index < -0.39 is 11.9 Å². The van der Waals surface area contributed by atoms with Crippen molar-refractivity contribution >= 4 is 0 Å². The molecule has 0 unspecified atom stereocenters. The maximum absolute atomic E-state index is 12.3. The fourth-order valence-corrected chi connectivity index (χ4v) is 1.36. The van der Waals surface area contributed by atoms with E-state index in [9.17, 15) is 18.0 Å². The molecule has 0 aromatic carbocycles. The quantitative estimate of drug-likeness (QED) is 0.931. The number of nitrogens with zero attached hydrogens (tertiary/aromatic N) is 1. The molecule has 0 aliphatic heterocycles. The number of alkyl halides is 3. The Morgan fingerprint density at radius 3 is 2.63 bits per heavy atom. The third-order valence-electron chi connectivity index (χ3n) is 2.27. The first-order valence-electron chi connectivity index (χ1n) is 5.29. The molecule has 0 fully saturated rings. The van der Waals surface area contributed by atoms with Crippen LogP contribution in [0.4, 0.5) is 13.2 Å². The lowest BCUT2D eigenvalue weighted by atomic mass is 10.2. The third kappa shape index (κ3) is 3.57.